The van der Waals surface area contributed by atoms with Crippen LogP contribution >= 0.6 is 0 Å². The lowest BCUT2D eigenvalue weighted by molar-refractivity contribution is 0.416. The number of ether oxygens (including phenoxy) is 1. The highest BCUT2D eigenvalue weighted by Gasteiger charge is 2.20. The second-order valence-electron chi connectivity index (χ2n) is 4.42. The highest BCUT2D eigenvalue weighted by atomic mass is 16.5. The van der Waals surface area contributed by atoms with Gasteiger partial charge in [0.1, 0.15) is 11.4 Å². The first-order valence-corrected chi connectivity index (χ1v) is 6.17. The number of nitrogens with one attached hydrogen (secondary N) is 1. The number of rotatable bonds is 3. The SMILES string of the molecule is COc1ccccc1-c1c(N)n[nH]c1-c1nccn1C. The van der Waals surface area contributed by atoms with Crippen LogP contribution in [-0.4, -0.2) is 26.9 Å². The van der Waals surface area contributed by atoms with E-state index in [1.165, 1.54) is 0 Å². The number of imidazole rings is 1. The molecule has 0 fully saturated rings. The van der Waals surface area contributed by atoms with Crippen molar-refractivity contribution in [1.29, 1.82) is 0 Å². The summed E-state index contributed by atoms with van der Waals surface area (Å²) in [5.74, 6) is 1.94. The Bertz CT molecular complexity index is 744. The highest BCUT2D eigenvalue weighted by Crippen LogP contribution is 2.38. The van der Waals surface area contributed by atoms with Crippen molar-refractivity contribution in [2.24, 2.45) is 7.05 Å². The molecule has 0 spiro atoms. The number of nitrogens with two attached hydrogens (primary N) is 1. The van der Waals surface area contributed by atoms with Gasteiger partial charge in [-0.1, -0.05) is 18.2 Å². The fourth-order valence-corrected chi connectivity index (χ4v) is 2.25. The van der Waals surface area contributed by atoms with E-state index < -0.39 is 0 Å². The van der Waals surface area contributed by atoms with Crippen LogP contribution in [0.2, 0.25) is 0 Å². The topological polar surface area (TPSA) is 81.8 Å². The van der Waals surface area contributed by atoms with E-state index >= 15 is 0 Å². The Morgan fingerprint density at radius 2 is 2.10 bits per heavy atom. The smallest absolute Gasteiger partial charge is 0.158 e. The fourth-order valence-electron chi connectivity index (χ4n) is 2.25. The summed E-state index contributed by atoms with van der Waals surface area (Å²) in [6.07, 6.45) is 3.61. The number of benzene rings is 1. The Morgan fingerprint density at radius 3 is 2.80 bits per heavy atom. The number of para-hydroxylation sites is 1. The maximum atomic E-state index is 6.02. The van der Waals surface area contributed by atoms with Crippen molar-refractivity contribution in [2.45, 2.75) is 0 Å². The number of aromatic amines is 1. The molecule has 2 aromatic heterocycles. The molecule has 0 atom stereocenters. The van der Waals surface area contributed by atoms with Gasteiger partial charge in [0.2, 0.25) is 0 Å². The molecule has 0 amide bonds. The number of methoxy groups -OCH3 is 1. The van der Waals surface area contributed by atoms with Crippen molar-refractivity contribution >= 4 is 5.82 Å². The molecule has 0 radical (unpaired) electrons. The van der Waals surface area contributed by atoms with Crippen LogP contribution < -0.4 is 10.5 Å². The molecule has 0 aliphatic carbocycles. The third kappa shape index (κ3) is 1.82. The van der Waals surface area contributed by atoms with Crippen LogP contribution in [0.4, 0.5) is 5.82 Å². The van der Waals surface area contributed by atoms with E-state index in [4.69, 9.17) is 10.5 Å². The maximum absolute atomic E-state index is 6.02. The Morgan fingerprint density at radius 1 is 1.30 bits per heavy atom. The summed E-state index contributed by atoms with van der Waals surface area (Å²) in [5.41, 5.74) is 8.49. The van der Waals surface area contributed by atoms with Crippen LogP contribution in [-0.2, 0) is 7.05 Å². The minimum Gasteiger partial charge on any atom is -0.496 e. The van der Waals surface area contributed by atoms with Crippen molar-refractivity contribution in [3.05, 3.63) is 36.7 Å². The van der Waals surface area contributed by atoms with Crippen LogP contribution in [0.1, 0.15) is 0 Å². The predicted octanol–water partition coefficient (Wildman–Crippen LogP) is 2.07. The molecule has 102 valence electrons. The third-order valence-corrected chi connectivity index (χ3v) is 3.22. The number of hydrogen-bond donors (Lipinski definition) is 2. The molecular weight excluding hydrogens is 254 g/mol. The second-order valence-corrected chi connectivity index (χ2v) is 4.42. The lowest BCUT2D eigenvalue weighted by Crippen LogP contribution is -1.96. The van der Waals surface area contributed by atoms with Crippen molar-refractivity contribution in [1.82, 2.24) is 19.7 Å². The number of anilines is 1. The molecule has 0 aliphatic rings. The average Bonchev–Trinajstić information content (AvgIpc) is 3.04. The highest BCUT2D eigenvalue weighted by molar-refractivity contribution is 5.88. The van der Waals surface area contributed by atoms with Crippen LogP contribution in [0.15, 0.2) is 36.7 Å². The largest absolute Gasteiger partial charge is 0.496 e. The number of H-pyrrole nitrogens is 1. The van der Waals surface area contributed by atoms with Crippen LogP contribution in [0.5, 0.6) is 5.75 Å². The Hall–Kier alpha value is -2.76. The summed E-state index contributed by atoms with van der Waals surface area (Å²) < 4.78 is 7.31. The van der Waals surface area contributed by atoms with Gasteiger partial charge in [-0.25, -0.2) is 4.98 Å². The molecule has 20 heavy (non-hydrogen) atoms. The van der Waals surface area contributed by atoms with Gasteiger partial charge in [-0.3, -0.25) is 5.10 Å². The third-order valence-electron chi connectivity index (χ3n) is 3.22. The molecular formula is C14H15N5O. The van der Waals surface area contributed by atoms with Gasteiger partial charge in [-0.05, 0) is 6.07 Å². The van der Waals surface area contributed by atoms with Crippen LogP contribution in [0.25, 0.3) is 22.6 Å². The van der Waals surface area contributed by atoms with Crippen molar-refractivity contribution in [3.63, 3.8) is 0 Å². The average molecular weight is 269 g/mol. The number of aryl methyl sites for hydroxylation is 1. The Labute approximate surface area is 116 Å². The minimum atomic E-state index is 0.424. The van der Waals surface area contributed by atoms with Crippen molar-refractivity contribution < 1.29 is 4.74 Å². The lowest BCUT2D eigenvalue weighted by atomic mass is 10.0. The lowest BCUT2D eigenvalue weighted by Gasteiger charge is -2.09. The monoisotopic (exact) mass is 269 g/mol. The molecule has 3 rings (SSSR count). The number of nitrogen functional groups attached to an aromatic ring is 1. The fraction of sp³-hybridized carbons (Fsp3) is 0.143. The summed E-state index contributed by atoms with van der Waals surface area (Å²) >= 11 is 0. The summed E-state index contributed by atoms with van der Waals surface area (Å²) in [6.45, 7) is 0. The van der Waals surface area contributed by atoms with Crippen molar-refractivity contribution in [2.75, 3.05) is 12.8 Å². The van der Waals surface area contributed by atoms with Crippen LogP contribution in [0.3, 0.4) is 0 Å². The van der Waals surface area contributed by atoms with Gasteiger partial charge in [0, 0.05) is 25.0 Å². The first kappa shape index (κ1) is 12.3. The van der Waals surface area contributed by atoms with Gasteiger partial charge >= 0.3 is 0 Å². The van der Waals surface area contributed by atoms with Crippen molar-refractivity contribution in [3.8, 4) is 28.4 Å². The van der Waals surface area contributed by atoms with E-state index in [-0.39, 0.29) is 0 Å². The molecule has 6 heteroatoms. The number of nitrogens with zero attached hydrogens (tertiary/aromatic N) is 3. The minimum absolute atomic E-state index is 0.424. The molecule has 0 bridgehead atoms. The molecule has 1 aromatic carbocycles. The number of aromatic nitrogens is 4. The van der Waals surface area contributed by atoms with Gasteiger partial charge in [0.15, 0.2) is 11.6 Å². The van der Waals surface area contributed by atoms with Gasteiger partial charge in [-0.15, -0.1) is 0 Å². The van der Waals surface area contributed by atoms with Gasteiger partial charge in [0.05, 0.1) is 12.7 Å². The quantitative estimate of drug-likeness (QED) is 0.762. The first-order valence-electron chi connectivity index (χ1n) is 6.17. The molecule has 2 heterocycles. The van der Waals surface area contributed by atoms with E-state index in [9.17, 15) is 0 Å². The number of hydrogen-bond acceptors (Lipinski definition) is 4. The Balaban J connectivity index is 2.25. The molecule has 0 saturated carbocycles. The summed E-state index contributed by atoms with van der Waals surface area (Å²) in [5, 5.41) is 7.06. The molecule has 0 unspecified atom stereocenters. The zero-order chi connectivity index (χ0) is 14.1. The van der Waals surface area contributed by atoms with E-state index in [1.54, 1.807) is 13.3 Å². The normalized spacial score (nSPS) is 10.7. The predicted molar refractivity (Wildman–Crippen MR) is 77.2 cm³/mol. The standard InChI is InChI=1S/C14H15N5O/c1-19-8-7-16-14(19)12-11(13(15)18-17-12)9-5-3-4-6-10(9)20-2/h3-8H,1-2H3,(H3,15,17,18). The second kappa shape index (κ2) is 4.73. The molecule has 6 nitrogen and oxygen atoms in total. The zero-order valence-electron chi connectivity index (χ0n) is 11.3. The van der Waals surface area contributed by atoms with E-state index in [0.717, 1.165) is 28.4 Å². The Kier molecular flexibility index (Phi) is 2.90. The van der Waals surface area contributed by atoms with Gasteiger partial charge in [0.25, 0.3) is 0 Å². The zero-order valence-corrected chi connectivity index (χ0v) is 11.3. The summed E-state index contributed by atoms with van der Waals surface area (Å²) in [4.78, 5) is 4.34. The summed E-state index contributed by atoms with van der Waals surface area (Å²) in [6, 6.07) is 7.70. The van der Waals surface area contributed by atoms with Gasteiger partial charge in [-0.2, -0.15) is 5.10 Å². The van der Waals surface area contributed by atoms with Gasteiger partial charge < -0.3 is 15.0 Å². The first-order chi connectivity index (χ1) is 9.72. The van der Waals surface area contributed by atoms with E-state index in [1.807, 2.05) is 42.1 Å². The van der Waals surface area contributed by atoms with E-state index in [0.29, 0.717) is 5.82 Å². The van der Waals surface area contributed by atoms with E-state index in [2.05, 4.69) is 15.2 Å². The molecule has 3 N–H and O–H groups in total. The maximum Gasteiger partial charge on any atom is 0.158 e. The molecule has 3 aromatic rings. The molecule has 0 saturated heterocycles. The van der Waals surface area contributed by atoms with Crippen LogP contribution in [0, 0.1) is 0 Å². The summed E-state index contributed by atoms with van der Waals surface area (Å²) in [7, 11) is 3.56. The molecule has 0 aliphatic heterocycles.